The second kappa shape index (κ2) is 11.8. The van der Waals surface area contributed by atoms with Gasteiger partial charge in [0, 0.05) is 22.4 Å². The molecule has 4 nitrogen and oxygen atoms in total. The predicted molar refractivity (Wildman–Crippen MR) is 209 cm³/mol. The molecule has 0 radical (unpaired) electrons. The average Bonchev–Trinajstić information content (AvgIpc) is 3.68. The van der Waals surface area contributed by atoms with E-state index in [2.05, 4.69) is 196 Å². The molecule has 0 N–H and O–H groups in total. The van der Waals surface area contributed by atoms with Gasteiger partial charge in [-0.15, -0.1) is 0 Å². The van der Waals surface area contributed by atoms with Gasteiger partial charge in [-0.25, -0.2) is 9.55 Å². The molecular weight excluding hydrogens is 609 g/mol. The summed E-state index contributed by atoms with van der Waals surface area (Å²) in [5, 5.41) is 2.46. The highest BCUT2D eigenvalue weighted by molar-refractivity contribution is 6.09. The van der Waals surface area contributed by atoms with Crippen molar-refractivity contribution in [2.75, 3.05) is 0 Å². The van der Waals surface area contributed by atoms with Crippen LogP contribution in [-0.4, -0.2) is 14.1 Å². The maximum Gasteiger partial charge on any atom is 0.250 e. The molecule has 0 aliphatic carbocycles. The van der Waals surface area contributed by atoms with E-state index in [4.69, 9.17) is 4.98 Å². The maximum atomic E-state index is 4.98. The van der Waals surface area contributed by atoms with E-state index < -0.39 is 0 Å². The summed E-state index contributed by atoms with van der Waals surface area (Å²) < 4.78 is 7.05. The smallest absolute Gasteiger partial charge is 0.250 e. The Balaban J connectivity index is 1.27. The first-order valence-corrected chi connectivity index (χ1v) is 17.7. The maximum absolute atomic E-state index is 4.98. The minimum atomic E-state index is -0.264. The molecule has 0 aliphatic heterocycles. The molecule has 3 heterocycles. The molecule has 8 aromatic rings. The molecule has 0 atom stereocenters. The summed E-state index contributed by atoms with van der Waals surface area (Å²) in [6.07, 6.45) is 4.21. The van der Waals surface area contributed by atoms with Gasteiger partial charge in [-0.05, 0) is 103 Å². The third-order valence-corrected chi connectivity index (χ3v) is 10.5. The topological polar surface area (TPSA) is 26.6 Å². The first kappa shape index (κ1) is 31.8. The van der Waals surface area contributed by atoms with Crippen LogP contribution in [0.2, 0.25) is 0 Å². The van der Waals surface area contributed by atoms with Crippen molar-refractivity contribution in [1.82, 2.24) is 14.1 Å². The Hall–Kier alpha value is -5.48. The summed E-state index contributed by atoms with van der Waals surface area (Å²) in [7, 11) is 0. The van der Waals surface area contributed by atoms with E-state index in [9.17, 15) is 0 Å². The summed E-state index contributed by atoms with van der Waals surface area (Å²) in [6, 6.07) is 46.5. The number of rotatable bonds is 6. The van der Waals surface area contributed by atoms with Crippen LogP contribution in [0.5, 0.6) is 0 Å². The molecule has 0 fully saturated rings. The Labute approximate surface area is 295 Å². The predicted octanol–water partition coefficient (Wildman–Crippen LogP) is 11.3. The second-order valence-corrected chi connectivity index (χ2v) is 15.4. The summed E-state index contributed by atoms with van der Waals surface area (Å²) in [6.45, 7) is 16.0. The Morgan fingerprint density at radius 2 is 1.32 bits per heavy atom. The molecule has 0 unspecified atom stereocenters. The van der Waals surface area contributed by atoms with Crippen molar-refractivity contribution in [3.63, 3.8) is 0 Å². The lowest BCUT2D eigenvalue weighted by molar-refractivity contribution is -0.731. The van der Waals surface area contributed by atoms with Gasteiger partial charge < -0.3 is 0 Å². The van der Waals surface area contributed by atoms with Crippen LogP contribution in [-0.2, 0) is 11.0 Å². The summed E-state index contributed by atoms with van der Waals surface area (Å²) in [4.78, 5) is 4.98. The first-order valence-electron chi connectivity index (χ1n) is 17.7. The third-order valence-electron chi connectivity index (χ3n) is 10.5. The molecule has 0 aliphatic rings. The molecule has 8 rings (SSSR count). The van der Waals surface area contributed by atoms with E-state index in [-0.39, 0.29) is 11.0 Å². The van der Waals surface area contributed by atoms with Gasteiger partial charge in [-0.2, -0.15) is 4.57 Å². The minimum Gasteiger partial charge on any atom is -0.294 e. The van der Waals surface area contributed by atoms with Gasteiger partial charge >= 0.3 is 0 Å². The van der Waals surface area contributed by atoms with Crippen molar-refractivity contribution in [3.8, 4) is 22.6 Å². The highest BCUT2D eigenvalue weighted by Gasteiger charge is 2.29. The molecule has 3 aromatic heterocycles. The van der Waals surface area contributed by atoms with Gasteiger partial charge in [0.05, 0.1) is 11.0 Å². The van der Waals surface area contributed by atoms with Crippen LogP contribution in [0.4, 0.5) is 0 Å². The number of benzene rings is 5. The molecule has 0 saturated heterocycles. The first-order chi connectivity index (χ1) is 24.0. The average molecular weight is 654 g/mol. The number of hydrogen-bond acceptors (Lipinski definition) is 1. The lowest BCUT2D eigenvalue weighted by atomic mass is 9.77. The van der Waals surface area contributed by atoms with Crippen LogP contribution >= 0.6 is 0 Å². The molecular formula is C46H45N4+. The van der Waals surface area contributed by atoms with E-state index in [0.29, 0.717) is 5.92 Å². The number of hydrogen-bond donors (Lipinski definition) is 0. The number of nitrogens with zero attached hydrogens (tertiary/aromatic N) is 4. The fourth-order valence-electron chi connectivity index (χ4n) is 7.64. The monoisotopic (exact) mass is 653 g/mol. The van der Waals surface area contributed by atoms with Crippen molar-refractivity contribution < 1.29 is 4.57 Å². The van der Waals surface area contributed by atoms with Crippen molar-refractivity contribution in [1.29, 1.82) is 0 Å². The van der Waals surface area contributed by atoms with Gasteiger partial charge in [0.2, 0.25) is 6.33 Å². The van der Waals surface area contributed by atoms with Gasteiger partial charge in [-0.1, -0.05) is 107 Å². The molecule has 0 amide bonds. The summed E-state index contributed by atoms with van der Waals surface area (Å²) in [5.41, 5.74) is 11.9. The lowest BCUT2D eigenvalue weighted by Gasteiger charge is -2.26. The normalized spacial score (nSPS) is 12.5. The van der Waals surface area contributed by atoms with Crippen molar-refractivity contribution in [2.45, 2.75) is 65.3 Å². The van der Waals surface area contributed by atoms with Gasteiger partial charge in [0.25, 0.3) is 0 Å². The highest BCUT2D eigenvalue weighted by Crippen LogP contribution is 2.39. The zero-order valence-electron chi connectivity index (χ0n) is 30.1. The quantitative estimate of drug-likeness (QED) is 0.164. The van der Waals surface area contributed by atoms with Crippen molar-refractivity contribution >= 4 is 32.8 Å². The lowest BCUT2D eigenvalue weighted by Crippen LogP contribution is -2.49. The fourth-order valence-corrected chi connectivity index (χ4v) is 7.64. The van der Waals surface area contributed by atoms with Crippen molar-refractivity contribution in [2.24, 2.45) is 0 Å². The Morgan fingerprint density at radius 1 is 0.620 bits per heavy atom. The Morgan fingerprint density at radius 3 is 2.12 bits per heavy atom. The SMILES string of the molecule is CC(C)c1ccccc1-c1ccnc(-n2c3ccccc3c3ccc(C(C)(C)c4cccc(-n5c[n+](C(C)(C)C)c6ccccc65)c4)cc32)c1. The zero-order valence-corrected chi connectivity index (χ0v) is 30.1. The molecule has 5 aromatic carbocycles. The second-order valence-electron chi connectivity index (χ2n) is 15.4. The largest absolute Gasteiger partial charge is 0.294 e. The van der Waals surface area contributed by atoms with E-state index in [1.165, 1.54) is 49.6 Å². The van der Waals surface area contributed by atoms with Crippen LogP contribution in [0.15, 0.2) is 140 Å². The van der Waals surface area contributed by atoms with Gasteiger partial charge in [0.1, 0.15) is 17.0 Å². The van der Waals surface area contributed by atoms with E-state index in [0.717, 1.165) is 22.5 Å². The minimum absolute atomic E-state index is 0.0399. The highest BCUT2D eigenvalue weighted by atomic mass is 15.2. The van der Waals surface area contributed by atoms with Crippen LogP contribution in [0.25, 0.3) is 55.5 Å². The van der Waals surface area contributed by atoms with E-state index in [1.807, 2.05) is 6.20 Å². The zero-order chi connectivity index (χ0) is 34.8. The fraction of sp³-hybridized carbons (Fsp3) is 0.217. The third kappa shape index (κ3) is 5.22. The number of aromatic nitrogens is 4. The molecule has 0 bridgehead atoms. The number of fused-ring (bicyclic) bond motifs is 4. The Kier molecular flexibility index (Phi) is 7.52. The number of pyridine rings is 1. The standard InChI is InChI=1S/C46H45N4/c1-31(2)36-17-8-9-18-37(36)32-25-26-47-44(27-32)50-40-20-11-10-19-38(40)39-24-23-34(29-43(39)50)46(6,7)33-15-14-16-35(28-33)48-30-49(45(3,4)5)42-22-13-12-21-41(42)48/h8-31H,1-7H3/q+1. The van der Waals surface area contributed by atoms with Gasteiger partial charge in [-0.3, -0.25) is 4.57 Å². The van der Waals surface area contributed by atoms with E-state index in [1.54, 1.807) is 0 Å². The molecule has 50 heavy (non-hydrogen) atoms. The van der Waals surface area contributed by atoms with Crippen LogP contribution in [0.3, 0.4) is 0 Å². The van der Waals surface area contributed by atoms with Gasteiger partial charge in [0.15, 0.2) is 11.0 Å². The summed E-state index contributed by atoms with van der Waals surface area (Å²) in [5.74, 6) is 1.35. The Bertz CT molecular complexity index is 2540. The van der Waals surface area contributed by atoms with E-state index >= 15 is 0 Å². The van der Waals surface area contributed by atoms with Crippen LogP contribution in [0, 0.1) is 0 Å². The molecule has 4 heteroatoms. The molecule has 0 saturated carbocycles. The van der Waals surface area contributed by atoms with Crippen molar-refractivity contribution in [3.05, 3.63) is 157 Å². The number of imidazole rings is 1. The molecule has 248 valence electrons. The molecule has 0 spiro atoms. The summed E-state index contributed by atoms with van der Waals surface area (Å²) >= 11 is 0. The van der Waals surface area contributed by atoms with Crippen LogP contribution in [0.1, 0.15) is 71.1 Å². The van der Waals surface area contributed by atoms with Crippen LogP contribution < -0.4 is 4.57 Å². The number of para-hydroxylation sites is 3.